The number of ether oxygens (including phenoxy) is 18. The molecular formula is C49H62O36. The van der Waals surface area contributed by atoms with E-state index < -0.39 is 236 Å². The normalized spacial score (nSPS) is 12.4. The van der Waals surface area contributed by atoms with Gasteiger partial charge in [-0.3, -0.25) is 19.2 Å². The number of hydrogen-bond acceptors (Lipinski definition) is 36. The molecule has 4 atom stereocenters. The van der Waals surface area contributed by atoms with Crippen LogP contribution in [0.2, 0.25) is 0 Å². The molecule has 0 saturated carbocycles. The fourth-order valence-electron chi connectivity index (χ4n) is 4.74. The minimum absolute atomic E-state index is 0.0678. The van der Waals surface area contributed by atoms with E-state index in [0.717, 1.165) is 27.7 Å². The average molecular weight is 1230 g/mol. The maximum Gasteiger partial charge on any atom is 0.347 e. The summed E-state index contributed by atoms with van der Waals surface area (Å²) in [5.41, 5.74) is -2.38. The Bertz CT molecular complexity index is 2230. The van der Waals surface area contributed by atoms with Crippen LogP contribution in [0.25, 0.3) is 0 Å². The van der Waals surface area contributed by atoms with Gasteiger partial charge in [0.25, 0.3) is 0 Å². The smallest absolute Gasteiger partial charge is 0.347 e. The summed E-state index contributed by atoms with van der Waals surface area (Å²) in [6.45, 7) is -2.11. The molecule has 0 fully saturated rings. The van der Waals surface area contributed by atoms with Gasteiger partial charge in [-0.15, -0.1) is 0 Å². The Kier molecular flexibility index (Phi) is 36.8. The maximum absolute atomic E-state index is 13.3. The van der Waals surface area contributed by atoms with E-state index in [-0.39, 0.29) is 19.3 Å². The molecule has 0 bridgehead atoms. The lowest BCUT2D eigenvalue weighted by molar-refractivity contribution is -0.189. The van der Waals surface area contributed by atoms with Crippen LogP contribution in [0.4, 0.5) is 0 Å². The SMILES string of the molecule is [CH]CC(=O)OCC(=O)OCC(=O)OCC(=O)OC(C)C(=O)OCC(COC(=O)C(C)OC(=O)COC(=O)COC(=O)CC)(COC(=O)C(C)OC(=O)COC(=O)COC(=O)CC)COC(=O)C(C)OC(=O)COC(=O)COC(=O)COC(=O)CC. The Balaban J connectivity index is 6.64. The molecule has 0 saturated heterocycles. The summed E-state index contributed by atoms with van der Waals surface area (Å²) >= 11 is 0. The van der Waals surface area contributed by atoms with Crippen molar-refractivity contribution < 1.29 is 172 Å². The van der Waals surface area contributed by atoms with Crippen molar-refractivity contribution in [3.8, 4) is 0 Å². The van der Waals surface area contributed by atoms with Crippen molar-refractivity contribution in [1.29, 1.82) is 0 Å². The van der Waals surface area contributed by atoms with Gasteiger partial charge in [0.2, 0.25) is 0 Å². The first-order valence-corrected chi connectivity index (χ1v) is 24.7. The fraction of sp³-hybridized carbons (Fsp3) is 0.612. The molecule has 0 aliphatic carbocycles. The zero-order valence-corrected chi connectivity index (χ0v) is 46.8. The van der Waals surface area contributed by atoms with Crippen LogP contribution in [-0.4, -0.2) is 224 Å². The molecule has 0 rings (SSSR count). The van der Waals surface area contributed by atoms with Crippen LogP contribution in [0, 0.1) is 12.3 Å². The molecule has 0 aromatic carbocycles. The van der Waals surface area contributed by atoms with Crippen molar-refractivity contribution >= 4 is 107 Å². The number of carbonyl (C=O) groups excluding carboxylic acids is 18. The Morgan fingerprint density at radius 3 is 0.600 bits per heavy atom. The highest BCUT2D eigenvalue weighted by molar-refractivity contribution is 5.86. The van der Waals surface area contributed by atoms with Crippen molar-refractivity contribution in [2.45, 2.75) is 98.6 Å². The number of hydrogen-bond donors (Lipinski definition) is 0. The summed E-state index contributed by atoms with van der Waals surface area (Å²) in [5.74, 6) is -22.1. The Labute approximate surface area is 481 Å². The van der Waals surface area contributed by atoms with Crippen LogP contribution in [0.5, 0.6) is 0 Å². The van der Waals surface area contributed by atoms with E-state index in [0.29, 0.717) is 0 Å². The van der Waals surface area contributed by atoms with Gasteiger partial charge in [0.15, 0.2) is 90.5 Å². The molecule has 2 radical (unpaired) electrons. The third-order valence-electron chi connectivity index (χ3n) is 9.19. The lowest BCUT2D eigenvalue weighted by Gasteiger charge is -2.32. The Morgan fingerprint density at radius 1 is 0.259 bits per heavy atom. The van der Waals surface area contributed by atoms with E-state index >= 15 is 0 Å². The molecule has 0 aliphatic rings. The number of rotatable bonds is 40. The second-order valence-corrected chi connectivity index (χ2v) is 16.3. The summed E-state index contributed by atoms with van der Waals surface area (Å²) in [7, 11) is 0. The monoisotopic (exact) mass is 1230 g/mol. The summed E-state index contributed by atoms with van der Waals surface area (Å²) in [6, 6.07) is 0. The van der Waals surface area contributed by atoms with E-state index in [4.69, 9.17) is 44.8 Å². The molecule has 0 aromatic heterocycles. The molecule has 85 heavy (non-hydrogen) atoms. The first-order valence-electron chi connectivity index (χ1n) is 24.7. The molecule has 36 nitrogen and oxygen atoms in total. The van der Waals surface area contributed by atoms with Crippen LogP contribution >= 0.6 is 0 Å². The van der Waals surface area contributed by atoms with E-state index in [1.807, 2.05) is 0 Å². The van der Waals surface area contributed by atoms with Crippen molar-refractivity contribution in [2.75, 3.05) is 92.5 Å². The fourth-order valence-corrected chi connectivity index (χ4v) is 4.74. The van der Waals surface area contributed by atoms with E-state index in [2.05, 4.69) is 47.4 Å². The quantitative estimate of drug-likeness (QED) is 0.0427. The molecule has 4 unspecified atom stereocenters. The van der Waals surface area contributed by atoms with Gasteiger partial charge in [0, 0.05) is 25.7 Å². The lowest BCUT2D eigenvalue weighted by Crippen LogP contribution is -2.47. The van der Waals surface area contributed by atoms with E-state index in [1.54, 1.807) is 0 Å². The highest BCUT2D eigenvalue weighted by Gasteiger charge is 2.41. The van der Waals surface area contributed by atoms with Gasteiger partial charge in [-0.05, 0) is 34.6 Å². The molecule has 0 spiro atoms. The Hall–Kier alpha value is -9.54. The van der Waals surface area contributed by atoms with Gasteiger partial charge in [-0.25, -0.2) is 67.1 Å². The predicted molar refractivity (Wildman–Crippen MR) is 258 cm³/mol. The molecule has 474 valence electrons. The molecule has 0 aromatic rings. The molecule has 0 aliphatic heterocycles. The Morgan fingerprint density at radius 2 is 0.424 bits per heavy atom. The lowest BCUT2D eigenvalue weighted by atomic mass is 9.92. The van der Waals surface area contributed by atoms with Crippen LogP contribution in [0.15, 0.2) is 0 Å². The molecular weight excluding hydrogens is 1160 g/mol. The van der Waals surface area contributed by atoms with Gasteiger partial charge < -0.3 is 85.3 Å². The molecule has 0 N–H and O–H groups in total. The van der Waals surface area contributed by atoms with Crippen molar-refractivity contribution in [2.24, 2.45) is 5.41 Å². The summed E-state index contributed by atoms with van der Waals surface area (Å²) in [5, 5.41) is 0. The van der Waals surface area contributed by atoms with Gasteiger partial charge in [0.1, 0.15) is 31.8 Å². The summed E-state index contributed by atoms with van der Waals surface area (Å²) in [4.78, 5) is 219. The van der Waals surface area contributed by atoms with Crippen LogP contribution in [-0.2, 0) is 172 Å². The van der Waals surface area contributed by atoms with Crippen LogP contribution < -0.4 is 0 Å². The minimum Gasteiger partial charge on any atom is -0.462 e. The summed E-state index contributed by atoms with van der Waals surface area (Å²) in [6.07, 6.45) is -8.47. The number of esters is 18. The number of carbonyl (C=O) groups is 18. The average Bonchev–Trinajstić information content (AvgIpc) is 3.58. The largest absolute Gasteiger partial charge is 0.462 e. The second kappa shape index (κ2) is 41.4. The third-order valence-corrected chi connectivity index (χ3v) is 9.19. The van der Waals surface area contributed by atoms with E-state index in [1.165, 1.54) is 20.8 Å². The summed E-state index contributed by atoms with van der Waals surface area (Å²) < 4.78 is 86.3. The first-order chi connectivity index (χ1) is 40.0. The zero-order valence-electron chi connectivity index (χ0n) is 46.8. The van der Waals surface area contributed by atoms with Crippen LogP contribution in [0.3, 0.4) is 0 Å². The highest BCUT2D eigenvalue weighted by Crippen LogP contribution is 2.23. The van der Waals surface area contributed by atoms with Gasteiger partial charge >= 0.3 is 107 Å². The van der Waals surface area contributed by atoms with Gasteiger partial charge in [0.05, 0.1) is 0 Å². The second-order valence-electron chi connectivity index (χ2n) is 16.3. The molecule has 0 heterocycles. The first kappa shape index (κ1) is 75.5. The van der Waals surface area contributed by atoms with Gasteiger partial charge in [-0.1, -0.05) is 20.8 Å². The standard InChI is InChI=1S/C49H62O36/c1-9-31(50)68-13-35(54)72-17-39(58)76-21-43(62)84-29(7)47(66)80-25-49(23-78-45(64)27(5)82-41(60)19-74-37(56)15-70-33(52)11-3,24-79-46(65)28(6)83-42(61)20-75-38(57)16-71-34(53)12-4)26-81-48(67)30(8)85-44(63)22-77-40(59)18-73-36(55)14-69-32(51)10-2/h1,27-30H,9-26H2,2-8H3. The zero-order chi connectivity index (χ0) is 64.7. The van der Waals surface area contributed by atoms with E-state index in [9.17, 15) is 86.3 Å². The van der Waals surface area contributed by atoms with Crippen molar-refractivity contribution in [3.05, 3.63) is 6.92 Å². The van der Waals surface area contributed by atoms with Crippen molar-refractivity contribution in [1.82, 2.24) is 0 Å². The van der Waals surface area contributed by atoms with Crippen LogP contribution in [0.1, 0.15) is 74.1 Å². The highest BCUT2D eigenvalue weighted by atomic mass is 16.7. The topological polar surface area (TPSA) is 473 Å². The maximum atomic E-state index is 13.3. The predicted octanol–water partition coefficient (Wildman–Crippen LogP) is -3.36. The van der Waals surface area contributed by atoms with Crippen molar-refractivity contribution in [3.63, 3.8) is 0 Å². The van der Waals surface area contributed by atoms with Gasteiger partial charge in [-0.2, -0.15) is 0 Å². The molecule has 36 heteroatoms. The molecule has 0 amide bonds. The third kappa shape index (κ3) is 35.8. The minimum atomic E-state index is -2.38.